The molecule has 92 valence electrons. The highest BCUT2D eigenvalue weighted by Gasteiger charge is 2.24. The number of hydrogen-bond donors (Lipinski definition) is 1. The molecule has 17 heavy (non-hydrogen) atoms. The Morgan fingerprint density at radius 1 is 1.59 bits per heavy atom. The molecule has 0 radical (unpaired) electrons. The smallest absolute Gasteiger partial charge is 0.209 e. The molecule has 1 fully saturated rings. The van der Waals surface area contributed by atoms with Gasteiger partial charge >= 0.3 is 0 Å². The number of nitriles is 1. The summed E-state index contributed by atoms with van der Waals surface area (Å²) in [6.45, 7) is 1.71. The molecule has 1 unspecified atom stereocenters. The molecular weight excluding hydrogens is 236 g/mol. The van der Waals surface area contributed by atoms with Gasteiger partial charge in [-0.15, -0.1) is 5.10 Å². The zero-order chi connectivity index (χ0) is 12.3. The van der Waals surface area contributed by atoms with E-state index in [9.17, 15) is 0 Å². The van der Waals surface area contributed by atoms with Crippen molar-refractivity contribution in [1.29, 1.82) is 5.26 Å². The Balaban J connectivity index is 2.02. The van der Waals surface area contributed by atoms with Gasteiger partial charge in [-0.2, -0.15) is 5.26 Å². The first-order valence-electron chi connectivity index (χ1n) is 5.73. The summed E-state index contributed by atoms with van der Waals surface area (Å²) in [5.41, 5.74) is 4.94. The van der Waals surface area contributed by atoms with Crippen LogP contribution in [0, 0.1) is 11.3 Å². The maximum Gasteiger partial charge on any atom is 0.209 e. The maximum absolute atomic E-state index is 8.86. The molecule has 0 aliphatic heterocycles. The molecular formula is C10H16N6S. The lowest BCUT2D eigenvalue weighted by molar-refractivity contribution is 0.423. The van der Waals surface area contributed by atoms with Crippen LogP contribution in [0.15, 0.2) is 5.16 Å². The highest BCUT2D eigenvalue weighted by atomic mass is 32.2. The largest absolute Gasteiger partial charge is 0.313 e. The van der Waals surface area contributed by atoms with Crippen molar-refractivity contribution >= 4 is 11.8 Å². The molecule has 1 heterocycles. The number of aromatic nitrogens is 4. The van der Waals surface area contributed by atoms with Crippen LogP contribution in [0.3, 0.4) is 0 Å². The fraction of sp³-hybridized carbons (Fsp3) is 0.800. The Morgan fingerprint density at radius 3 is 2.94 bits per heavy atom. The van der Waals surface area contributed by atoms with Crippen LogP contribution >= 0.6 is 11.8 Å². The van der Waals surface area contributed by atoms with E-state index < -0.39 is 5.54 Å². The van der Waals surface area contributed by atoms with Crippen molar-refractivity contribution < 1.29 is 0 Å². The van der Waals surface area contributed by atoms with Crippen molar-refractivity contribution in [3.05, 3.63) is 0 Å². The third-order valence-electron chi connectivity index (χ3n) is 2.89. The van der Waals surface area contributed by atoms with E-state index in [2.05, 4.69) is 21.6 Å². The van der Waals surface area contributed by atoms with E-state index >= 15 is 0 Å². The van der Waals surface area contributed by atoms with Crippen LogP contribution in [0.25, 0.3) is 0 Å². The van der Waals surface area contributed by atoms with Crippen molar-refractivity contribution in [3.63, 3.8) is 0 Å². The van der Waals surface area contributed by atoms with Gasteiger partial charge in [0, 0.05) is 5.75 Å². The summed E-state index contributed by atoms with van der Waals surface area (Å²) in [5.74, 6) is 0.497. The van der Waals surface area contributed by atoms with Crippen LogP contribution in [0.5, 0.6) is 0 Å². The van der Waals surface area contributed by atoms with E-state index in [0.717, 1.165) is 18.0 Å². The predicted octanol–water partition coefficient (Wildman–Crippen LogP) is 1.12. The minimum atomic E-state index is -0.836. The summed E-state index contributed by atoms with van der Waals surface area (Å²) < 4.78 is 1.88. The first kappa shape index (κ1) is 12.3. The third kappa shape index (κ3) is 2.96. The van der Waals surface area contributed by atoms with Crippen molar-refractivity contribution in [3.8, 4) is 6.07 Å². The van der Waals surface area contributed by atoms with E-state index in [-0.39, 0.29) is 0 Å². The van der Waals surface area contributed by atoms with E-state index in [0.29, 0.717) is 11.8 Å². The molecule has 1 aromatic heterocycles. The number of rotatable bonds is 4. The number of thioether (sulfide) groups is 1. The van der Waals surface area contributed by atoms with Crippen LogP contribution in [-0.2, 0) is 0 Å². The van der Waals surface area contributed by atoms with Gasteiger partial charge in [-0.25, -0.2) is 4.68 Å². The Morgan fingerprint density at radius 2 is 2.29 bits per heavy atom. The zero-order valence-corrected chi connectivity index (χ0v) is 10.7. The molecule has 6 nitrogen and oxygen atoms in total. The number of nitrogens with zero attached hydrogens (tertiary/aromatic N) is 5. The van der Waals surface area contributed by atoms with E-state index in [1.165, 1.54) is 24.6 Å². The molecule has 7 heteroatoms. The normalized spacial score (nSPS) is 20.1. The Labute approximate surface area is 105 Å². The van der Waals surface area contributed by atoms with Gasteiger partial charge in [-0.05, 0) is 30.2 Å². The standard InChI is InChI=1S/C10H16N6S/c1-10(12,6-11)7-17-9-13-14-15-16(9)8-4-2-3-5-8/h8H,2-5,7,12H2,1H3. The average molecular weight is 252 g/mol. The van der Waals surface area contributed by atoms with Gasteiger partial charge in [-0.3, -0.25) is 0 Å². The zero-order valence-electron chi connectivity index (χ0n) is 9.83. The fourth-order valence-corrected chi connectivity index (χ4v) is 2.81. The van der Waals surface area contributed by atoms with Gasteiger partial charge in [-0.1, -0.05) is 24.6 Å². The predicted molar refractivity (Wildman–Crippen MR) is 64.3 cm³/mol. The summed E-state index contributed by atoms with van der Waals surface area (Å²) in [5, 5.41) is 21.4. The van der Waals surface area contributed by atoms with Gasteiger partial charge < -0.3 is 5.73 Å². The molecule has 1 atom stereocenters. The molecule has 1 aromatic rings. The molecule has 0 aromatic carbocycles. The monoisotopic (exact) mass is 252 g/mol. The fourth-order valence-electron chi connectivity index (χ4n) is 1.91. The number of nitrogens with two attached hydrogens (primary N) is 1. The quantitative estimate of drug-likeness (QED) is 0.807. The summed E-state index contributed by atoms with van der Waals surface area (Å²) >= 11 is 1.45. The highest BCUT2D eigenvalue weighted by molar-refractivity contribution is 7.99. The molecule has 1 aliphatic rings. The SMILES string of the molecule is CC(N)(C#N)CSc1nnnn1C1CCCC1. The van der Waals surface area contributed by atoms with Crippen LogP contribution < -0.4 is 5.73 Å². The lowest BCUT2D eigenvalue weighted by Crippen LogP contribution is -2.37. The van der Waals surface area contributed by atoms with Crippen molar-refractivity contribution in [2.45, 2.75) is 49.3 Å². The second-order valence-electron chi connectivity index (χ2n) is 4.66. The van der Waals surface area contributed by atoms with Crippen LogP contribution in [-0.4, -0.2) is 31.5 Å². The molecule has 2 rings (SSSR count). The topological polar surface area (TPSA) is 93.4 Å². The van der Waals surface area contributed by atoms with Crippen LogP contribution in [0.4, 0.5) is 0 Å². The Hall–Kier alpha value is -1.13. The summed E-state index contributed by atoms with van der Waals surface area (Å²) in [7, 11) is 0. The first-order valence-corrected chi connectivity index (χ1v) is 6.72. The van der Waals surface area contributed by atoms with Gasteiger partial charge in [0.05, 0.1) is 12.1 Å². The second kappa shape index (κ2) is 5.02. The second-order valence-corrected chi connectivity index (χ2v) is 5.60. The lowest BCUT2D eigenvalue weighted by atomic mass is 10.1. The van der Waals surface area contributed by atoms with Crippen molar-refractivity contribution in [2.24, 2.45) is 5.73 Å². The van der Waals surface area contributed by atoms with Crippen LogP contribution in [0.1, 0.15) is 38.6 Å². The minimum absolute atomic E-state index is 0.415. The average Bonchev–Trinajstić information content (AvgIpc) is 2.96. The highest BCUT2D eigenvalue weighted by Crippen LogP contribution is 2.31. The van der Waals surface area contributed by atoms with Crippen LogP contribution in [0.2, 0.25) is 0 Å². The summed E-state index contributed by atoms with van der Waals surface area (Å²) in [4.78, 5) is 0. The van der Waals surface area contributed by atoms with E-state index in [1.54, 1.807) is 6.92 Å². The molecule has 0 amide bonds. The molecule has 1 aliphatic carbocycles. The van der Waals surface area contributed by atoms with Gasteiger partial charge in [0.1, 0.15) is 5.54 Å². The number of tetrazole rings is 1. The first-order chi connectivity index (χ1) is 8.12. The van der Waals surface area contributed by atoms with E-state index in [1.807, 2.05) is 4.68 Å². The van der Waals surface area contributed by atoms with Gasteiger partial charge in [0.2, 0.25) is 5.16 Å². The molecule has 0 saturated heterocycles. The molecule has 1 saturated carbocycles. The van der Waals surface area contributed by atoms with Crippen molar-refractivity contribution in [2.75, 3.05) is 5.75 Å². The van der Waals surface area contributed by atoms with Gasteiger partial charge in [0.15, 0.2) is 0 Å². The molecule has 2 N–H and O–H groups in total. The number of hydrogen-bond acceptors (Lipinski definition) is 6. The lowest BCUT2D eigenvalue weighted by Gasteiger charge is -2.15. The summed E-state index contributed by atoms with van der Waals surface area (Å²) in [6.07, 6.45) is 4.75. The van der Waals surface area contributed by atoms with Crippen molar-refractivity contribution in [1.82, 2.24) is 20.2 Å². The minimum Gasteiger partial charge on any atom is -0.313 e. The molecule has 0 bridgehead atoms. The Bertz CT molecular complexity index is 415. The van der Waals surface area contributed by atoms with Gasteiger partial charge in [0.25, 0.3) is 0 Å². The van der Waals surface area contributed by atoms with E-state index in [4.69, 9.17) is 11.0 Å². The molecule has 0 spiro atoms. The Kier molecular flexibility index (Phi) is 3.64. The third-order valence-corrected chi connectivity index (χ3v) is 4.16. The summed E-state index contributed by atoms with van der Waals surface area (Å²) in [6, 6.07) is 2.49. The maximum atomic E-state index is 8.86.